The van der Waals surface area contributed by atoms with E-state index in [2.05, 4.69) is 26.6 Å². The Labute approximate surface area is 158 Å². The van der Waals surface area contributed by atoms with Crippen molar-refractivity contribution in [2.24, 2.45) is 5.41 Å². The van der Waals surface area contributed by atoms with Gasteiger partial charge in [0.2, 0.25) is 11.7 Å². The lowest BCUT2D eigenvalue weighted by atomic mass is 9.96. The number of carbonyl (C=O) groups excluding carboxylic acids is 1. The van der Waals surface area contributed by atoms with Crippen LogP contribution in [-0.4, -0.2) is 22.1 Å². The number of carboxylic acid groups (broad SMARTS) is 1. The highest BCUT2D eigenvalue weighted by molar-refractivity contribution is 9.10. The molecule has 3 N–H and O–H groups in total. The van der Waals surface area contributed by atoms with Gasteiger partial charge in [0.15, 0.2) is 5.11 Å². The van der Waals surface area contributed by atoms with Crippen LogP contribution in [0, 0.1) is 5.41 Å². The van der Waals surface area contributed by atoms with Gasteiger partial charge in [-0.25, -0.2) is 4.79 Å². The molecule has 0 atom stereocenters. The second-order valence-electron chi connectivity index (χ2n) is 6.32. The van der Waals surface area contributed by atoms with E-state index >= 15 is 0 Å². The normalized spacial score (nSPS) is 11.0. The summed E-state index contributed by atoms with van der Waals surface area (Å²) in [5.41, 5.74) is 0.603. The van der Waals surface area contributed by atoms with Crippen molar-refractivity contribution < 1.29 is 19.1 Å². The number of nitrogens with one attached hydrogen (secondary N) is 2. The van der Waals surface area contributed by atoms with Crippen molar-refractivity contribution in [2.75, 3.05) is 5.32 Å². The average molecular weight is 425 g/mol. The molecule has 0 fully saturated rings. The number of rotatable bonds is 3. The number of thiocarbonyl (C=S) groups is 1. The Morgan fingerprint density at radius 1 is 1.20 bits per heavy atom. The Balaban J connectivity index is 2.28. The maximum atomic E-state index is 12.0. The number of benzene rings is 1. The van der Waals surface area contributed by atoms with Crippen LogP contribution in [0.1, 0.15) is 31.3 Å². The number of aromatic carboxylic acids is 1. The van der Waals surface area contributed by atoms with E-state index < -0.39 is 11.4 Å². The van der Waals surface area contributed by atoms with Crippen molar-refractivity contribution in [3.8, 4) is 11.3 Å². The standard InChI is InChI=1S/C17H17BrN2O4S/c1-17(2,3)15(23)20-16(25)19-11-8-9(18)4-5-10(11)12-6-7-13(24-12)14(21)22/h4-8H,1-3H3,(H,21,22)(H2,19,20,23,25). The summed E-state index contributed by atoms with van der Waals surface area (Å²) in [5.74, 6) is -1.15. The summed E-state index contributed by atoms with van der Waals surface area (Å²) in [7, 11) is 0. The van der Waals surface area contributed by atoms with Gasteiger partial charge in [0.05, 0.1) is 5.69 Å². The molecule has 1 amide bonds. The van der Waals surface area contributed by atoms with E-state index in [9.17, 15) is 9.59 Å². The second kappa shape index (κ2) is 7.37. The molecule has 25 heavy (non-hydrogen) atoms. The first-order valence-corrected chi connectivity index (χ1v) is 8.53. The lowest BCUT2D eigenvalue weighted by molar-refractivity contribution is -0.126. The Morgan fingerprint density at radius 3 is 2.44 bits per heavy atom. The van der Waals surface area contributed by atoms with E-state index in [1.807, 2.05) is 0 Å². The molecule has 0 aliphatic carbocycles. The predicted molar refractivity (Wildman–Crippen MR) is 103 cm³/mol. The number of halogens is 1. The SMILES string of the molecule is CC(C)(C)C(=O)NC(=S)Nc1cc(Br)ccc1-c1ccc(C(=O)O)o1. The van der Waals surface area contributed by atoms with E-state index in [4.69, 9.17) is 21.7 Å². The third kappa shape index (κ3) is 4.90. The molecular weight excluding hydrogens is 408 g/mol. The molecule has 2 aromatic rings. The highest BCUT2D eigenvalue weighted by Crippen LogP contribution is 2.32. The van der Waals surface area contributed by atoms with Crippen molar-refractivity contribution in [3.05, 3.63) is 40.6 Å². The van der Waals surface area contributed by atoms with Gasteiger partial charge in [-0.3, -0.25) is 4.79 Å². The molecule has 2 rings (SSSR count). The summed E-state index contributed by atoms with van der Waals surface area (Å²) < 4.78 is 6.13. The van der Waals surface area contributed by atoms with Crippen LogP contribution in [0.3, 0.4) is 0 Å². The zero-order valence-electron chi connectivity index (χ0n) is 13.8. The molecule has 0 saturated carbocycles. The minimum Gasteiger partial charge on any atom is -0.475 e. The molecule has 0 aliphatic rings. The first-order chi connectivity index (χ1) is 11.6. The first kappa shape index (κ1) is 19.1. The van der Waals surface area contributed by atoms with Gasteiger partial charge < -0.3 is 20.2 Å². The second-order valence-corrected chi connectivity index (χ2v) is 7.64. The minimum absolute atomic E-state index is 0.143. The highest BCUT2D eigenvalue weighted by atomic mass is 79.9. The van der Waals surface area contributed by atoms with Crippen LogP contribution in [0.5, 0.6) is 0 Å². The molecule has 0 saturated heterocycles. The molecule has 132 valence electrons. The van der Waals surface area contributed by atoms with E-state index in [0.29, 0.717) is 17.0 Å². The zero-order chi connectivity index (χ0) is 18.8. The fourth-order valence-electron chi connectivity index (χ4n) is 1.88. The third-order valence-corrected chi connectivity index (χ3v) is 3.92. The Kier molecular flexibility index (Phi) is 5.64. The molecule has 6 nitrogen and oxygen atoms in total. The topological polar surface area (TPSA) is 91.6 Å². The third-order valence-electron chi connectivity index (χ3n) is 3.22. The van der Waals surface area contributed by atoms with Crippen LogP contribution >= 0.6 is 28.1 Å². The maximum absolute atomic E-state index is 12.0. The highest BCUT2D eigenvalue weighted by Gasteiger charge is 2.22. The Bertz CT molecular complexity index is 839. The summed E-state index contributed by atoms with van der Waals surface area (Å²) in [5, 5.41) is 14.7. The van der Waals surface area contributed by atoms with Gasteiger partial charge in [-0.2, -0.15) is 0 Å². The number of hydrogen-bond acceptors (Lipinski definition) is 4. The smallest absolute Gasteiger partial charge is 0.371 e. The van der Waals surface area contributed by atoms with Crippen LogP contribution in [0.4, 0.5) is 5.69 Å². The van der Waals surface area contributed by atoms with Gasteiger partial charge in [0.25, 0.3) is 0 Å². The van der Waals surface area contributed by atoms with E-state index in [-0.39, 0.29) is 16.8 Å². The van der Waals surface area contributed by atoms with Crippen LogP contribution in [-0.2, 0) is 4.79 Å². The molecule has 0 unspecified atom stereocenters. The predicted octanol–water partition coefficient (Wildman–Crippen LogP) is 4.27. The van der Waals surface area contributed by atoms with Crippen LogP contribution < -0.4 is 10.6 Å². The van der Waals surface area contributed by atoms with Crippen molar-refractivity contribution in [3.63, 3.8) is 0 Å². The molecule has 0 radical (unpaired) electrons. The number of amides is 1. The number of carbonyl (C=O) groups is 2. The molecule has 1 heterocycles. The van der Waals surface area contributed by atoms with E-state index in [1.165, 1.54) is 6.07 Å². The first-order valence-electron chi connectivity index (χ1n) is 7.33. The van der Waals surface area contributed by atoms with Crippen molar-refractivity contribution >= 4 is 50.8 Å². The van der Waals surface area contributed by atoms with Gasteiger partial charge in [0.1, 0.15) is 5.76 Å². The summed E-state index contributed by atoms with van der Waals surface area (Å²) >= 11 is 8.57. The fourth-order valence-corrected chi connectivity index (χ4v) is 2.44. The van der Waals surface area contributed by atoms with Gasteiger partial charge in [0, 0.05) is 15.5 Å². The lowest BCUT2D eigenvalue weighted by Gasteiger charge is -2.19. The molecular formula is C17H17BrN2O4S. The van der Waals surface area contributed by atoms with E-state index in [1.54, 1.807) is 45.0 Å². The summed E-state index contributed by atoms with van der Waals surface area (Å²) in [6.45, 7) is 5.35. The summed E-state index contributed by atoms with van der Waals surface area (Å²) in [4.78, 5) is 23.0. The molecule has 0 aliphatic heterocycles. The quantitative estimate of drug-likeness (QED) is 0.637. The number of hydrogen-bond donors (Lipinski definition) is 3. The average Bonchev–Trinajstić information content (AvgIpc) is 2.96. The number of carboxylic acids is 1. The molecule has 1 aromatic carbocycles. The zero-order valence-corrected chi connectivity index (χ0v) is 16.2. The lowest BCUT2D eigenvalue weighted by Crippen LogP contribution is -2.41. The molecule has 1 aromatic heterocycles. The van der Waals surface area contributed by atoms with Crippen molar-refractivity contribution in [2.45, 2.75) is 20.8 Å². The Hall–Kier alpha value is -2.19. The summed E-state index contributed by atoms with van der Waals surface area (Å²) in [6, 6.07) is 8.25. The van der Waals surface area contributed by atoms with Gasteiger partial charge in [-0.1, -0.05) is 36.7 Å². The largest absolute Gasteiger partial charge is 0.475 e. The number of furan rings is 1. The van der Waals surface area contributed by atoms with Crippen LogP contribution in [0.15, 0.2) is 39.2 Å². The summed E-state index contributed by atoms with van der Waals surface area (Å²) in [6.07, 6.45) is 0. The number of anilines is 1. The van der Waals surface area contributed by atoms with Gasteiger partial charge in [-0.15, -0.1) is 0 Å². The van der Waals surface area contributed by atoms with E-state index in [0.717, 1.165) is 4.47 Å². The van der Waals surface area contributed by atoms with Crippen LogP contribution in [0.2, 0.25) is 0 Å². The maximum Gasteiger partial charge on any atom is 0.371 e. The monoisotopic (exact) mass is 424 g/mol. The fraction of sp³-hybridized carbons (Fsp3) is 0.235. The van der Waals surface area contributed by atoms with Gasteiger partial charge >= 0.3 is 5.97 Å². The van der Waals surface area contributed by atoms with Gasteiger partial charge in [-0.05, 0) is 42.5 Å². The van der Waals surface area contributed by atoms with Crippen LogP contribution in [0.25, 0.3) is 11.3 Å². The minimum atomic E-state index is -1.15. The van der Waals surface area contributed by atoms with Crippen molar-refractivity contribution in [1.29, 1.82) is 0 Å². The van der Waals surface area contributed by atoms with Crippen molar-refractivity contribution in [1.82, 2.24) is 5.32 Å². The Morgan fingerprint density at radius 2 is 1.88 bits per heavy atom. The molecule has 0 bridgehead atoms. The molecule has 0 spiro atoms. The molecule has 8 heteroatoms.